The molecule has 0 fully saturated rings. The van der Waals surface area contributed by atoms with Crippen LogP contribution in [0, 0.1) is 5.82 Å². The molecular weight excluding hydrogens is 291 g/mol. The predicted molar refractivity (Wildman–Crippen MR) is 52.2 cm³/mol. The van der Waals surface area contributed by atoms with E-state index in [2.05, 4.69) is 31.9 Å². The topological polar surface area (TPSA) is 17.1 Å². The standard InChI is InChI=1S/C8H5Br2FO/c9-4-8(12)5-1-6(10)3-7(11)2-5/h1-3H,4H2. The van der Waals surface area contributed by atoms with Gasteiger partial charge in [-0.05, 0) is 18.2 Å². The summed E-state index contributed by atoms with van der Waals surface area (Å²) < 4.78 is 13.3. The Labute approximate surface area is 86.2 Å². The molecule has 1 aromatic carbocycles. The first-order chi connectivity index (χ1) is 5.63. The minimum atomic E-state index is -0.409. The van der Waals surface area contributed by atoms with Gasteiger partial charge in [0.05, 0.1) is 5.33 Å². The molecule has 0 heterocycles. The average molecular weight is 296 g/mol. The zero-order valence-electron chi connectivity index (χ0n) is 5.98. The number of carbonyl (C=O) groups is 1. The molecule has 0 saturated carbocycles. The highest BCUT2D eigenvalue weighted by Crippen LogP contribution is 2.15. The van der Waals surface area contributed by atoms with Crippen molar-refractivity contribution >= 4 is 37.6 Å². The molecule has 1 rings (SSSR count). The summed E-state index contributed by atoms with van der Waals surface area (Å²) in [5, 5.41) is 0.211. The second kappa shape index (κ2) is 4.14. The molecule has 0 radical (unpaired) electrons. The fourth-order valence-corrected chi connectivity index (χ4v) is 1.58. The molecule has 0 aliphatic rings. The van der Waals surface area contributed by atoms with E-state index in [4.69, 9.17) is 0 Å². The zero-order valence-corrected chi connectivity index (χ0v) is 9.15. The molecule has 0 aliphatic heterocycles. The Hall–Kier alpha value is -0.220. The van der Waals surface area contributed by atoms with Crippen LogP contribution in [0.5, 0.6) is 0 Å². The van der Waals surface area contributed by atoms with Gasteiger partial charge in [0.1, 0.15) is 5.82 Å². The largest absolute Gasteiger partial charge is 0.293 e. The first-order valence-corrected chi connectivity index (χ1v) is 5.10. The van der Waals surface area contributed by atoms with Crippen molar-refractivity contribution in [2.24, 2.45) is 0 Å². The maximum atomic E-state index is 12.7. The third-order valence-corrected chi connectivity index (χ3v) is 2.27. The zero-order chi connectivity index (χ0) is 9.14. The number of halogens is 3. The van der Waals surface area contributed by atoms with Gasteiger partial charge in [0, 0.05) is 10.0 Å². The van der Waals surface area contributed by atoms with Crippen LogP contribution in [0.2, 0.25) is 0 Å². The van der Waals surface area contributed by atoms with Crippen LogP contribution in [0.15, 0.2) is 22.7 Å². The SMILES string of the molecule is O=C(CBr)c1cc(F)cc(Br)c1. The molecule has 0 bridgehead atoms. The van der Waals surface area contributed by atoms with Crippen LogP contribution in [0.25, 0.3) is 0 Å². The maximum Gasteiger partial charge on any atom is 0.173 e. The fraction of sp³-hybridized carbons (Fsp3) is 0.125. The van der Waals surface area contributed by atoms with Crippen LogP contribution in [0.4, 0.5) is 4.39 Å². The van der Waals surface area contributed by atoms with E-state index in [1.807, 2.05) is 0 Å². The van der Waals surface area contributed by atoms with E-state index < -0.39 is 5.82 Å². The van der Waals surface area contributed by atoms with Gasteiger partial charge in [-0.2, -0.15) is 0 Å². The van der Waals surface area contributed by atoms with Crippen LogP contribution in [-0.4, -0.2) is 11.1 Å². The van der Waals surface area contributed by atoms with Gasteiger partial charge in [-0.15, -0.1) is 0 Å². The van der Waals surface area contributed by atoms with Crippen molar-refractivity contribution in [2.75, 3.05) is 5.33 Å². The van der Waals surface area contributed by atoms with Crippen molar-refractivity contribution in [1.82, 2.24) is 0 Å². The molecule has 0 aliphatic carbocycles. The van der Waals surface area contributed by atoms with Gasteiger partial charge in [-0.1, -0.05) is 31.9 Å². The minimum absolute atomic E-state index is 0.129. The van der Waals surface area contributed by atoms with Crippen molar-refractivity contribution in [3.63, 3.8) is 0 Å². The lowest BCUT2D eigenvalue weighted by Gasteiger charge is -1.98. The average Bonchev–Trinajstić information content (AvgIpc) is 2.01. The number of Topliss-reactive ketones (excluding diaryl/α,β-unsaturated/α-hetero) is 1. The van der Waals surface area contributed by atoms with Crippen LogP contribution < -0.4 is 0 Å². The monoisotopic (exact) mass is 294 g/mol. The van der Waals surface area contributed by atoms with E-state index >= 15 is 0 Å². The molecule has 0 saturated heterocycles. The summed E-state index contributed by atoms with van der Waals surface area (Å²) in [6.45, 7) is 0. The molecule has 0 atom stereocenters. The van der Waals surface area contributed by atoms with Crippen molar-refractivity contribution in [3.05, 3.63) is 34.1 Å². The Morgan fingerprint density at radius 1 is 1.42 bits per heavy atom. The Morgan fingerprint density at radius 3 is 2.58 bits per heavy atom. The lowest BCUT2D eigenvalue weighted by Crippen LogP contribution is -2.00. The van der Waals surface area contributed by atoms with Gasteiger partial charge in [-0.25, -0.2) is 4.39 Å². The summed E-state index contributed by atoms with van der Waals surface area (Å²) in [6, 6.07) is 4.12. The van der Waals surface area contributed by atoms with Crippen molar-refractivity contribution in [2.45, 2.75) is 0 Å². The number of carbonyl (C=O) groups excluding carboxylic acids is 1. The molecule has 1 nitrogen and oxygen atoms in total. The summed E-state index contributed by atoms with van der Waals surface area (Å²) >= 11 is 6.12. The number of rotatable bonds is 2. The van der Waals surface area contributed by atoms with E-state index in [0.29, 0.717) is 10.0 Å². The number of benzene rings is 1. The summed E-state index contributed by atoms with van der Waals surface area (Å²) in [7, 11) is 0. The first-order valence-electron chi connectivity index (χ1n) is 3.18. The molecule has 4 heteroatoms. The summed E-state index contributed by atoms with van der Waals surface area (Å²) in [6.07, 6.45) is 0. The van der Waals surface area contributed by atoms with E-state index in [0.717, 1.165) is 0 Å². The molecule has 0 amide bonds. The smallest absolute Gasteiger partial charge is 0.173 e. The lowest BCUT2D eigenvalue weighted by atomic mass is 10.1. The van der Waals surface area contributed by atoms with Gasteiger partial charge >= 0.3 is 0 Å². The summed E-state index contributed by atoms with van der Waals surface area (Å²) in [5.74, 6) is -0.538. The molecule has 0 unspecified atom stereocenters. The fourth-order valence-electron chi connectivity index (χ4n) is 0.792. The highest BCUT2D eigenvalue weighted by Gasteiger charge is 2.05. The number of hydrogen-bond donors (Lipinski definition) is 0. The lowest BCUT2D eigenvalue weighted by molar-refractivity contribution is 0.102. The van der Waals surface area contributed by atoms with E-state index in [-0.39, 0.29) is 11.1 Å². The Morgan fingerprint density at radius 2 is 2.08 bits per heavy atom. The van der Waals surface area contributed by atoms with Crippen LogP contribution in [0.3, 0.4) is 0 Å². The molecule has 12 heavy (non-hydrogen) atoms. The molecule has 0 N–H and O–H groups in total. The third kappa shape index (κ3) is 2.38. The maximum absolute atomic E-state index is 12.7. The predicted octanol–water partition coefficient (Wildman–Crippen LogP) is 3.17. The van der Waals surface area contributed by atoms with Gasteiger partial charge in [0.2, 0.25) is 0 Å². The van der Waals surface area contributed by atoms with Crippen molar-refractivity contribution in [3.8, 4) is 0 Å². The van der Waals surface area contributed by atoms with Crippen LogP contribution in [0.1, 0.15) is 10.4 Å². The Balaban J connectivity index is 3.08. The third-order valence-electron chi connectivity index (χ3n) is 1.31. The van der Waals surface area contributed by atoms with Crippen LogP contribution in [-0.2, 0) is 0 Å². The number of alkyl halides is 1. The summed E-state index contributed by atoms with van der Waals surface area (Å²) in [4.78, 5) is 11.1. The van der Waals surface area contributed by atoms with Crippen molar-refractivity contribution < 1.29 is 9.18 Å². The number of hydrogen-bond acceptors (Lipinski definition) is 1. The molecule has 64 valence electrons. The second-order valence-electron chi connectivity index (χ2n) is 2.21. The second-order valence-corrected chi connectivity index (χ2v) is 3.69. The Bertz CT molecular complexity index is 292. The normalized spacial score (nSPS) is 9.92. The van der Waals surface area contributed by atoms with Crippen molar-refractivity contribution in [1.29, 1.82) is 0 Å². The summed E-state index contributed by atoms with van der Waals surface area (Å²) in [5.41, 5.74) is 0.374. The highest BCUT2D eigenvalue weighted by molar-refractivity contribution is 9.10. The first kappa shape index (κ1) is 9.86. The van der Waals surface area contributed by atoms with Gasteiger partial charge < -0.3 is 0 Å². The van der Waals surface area contributed by atoms with Gasteiger partial charge in [0.15, 0.2) is 5.78 Å². The van der Waals surface area contributed by atoms with E-state index in [1.54, 1.807) is 6.07 Å². The van der Waals surface area contributed by atoms with E-state index in [9.17, 15) is 9.18 Å². The minimum Gasteiger partial charge on any atom is -0.293 e. The Kier molecular flexibility index (Phi) is 3.40. The molecule has 1 aromatic rings. The van der Waals surface area contributed by atoms with Gasteiger partial charge in [-0.3, -0.25) is 4.79 Å². The quantitative estimate of drug-likeness (QED) is 0.605. The highest BCUT2D eigenvalue weighted by atomic mass is 79.9. The van der Waals surface area contributed by atoms with Crippen LogP contribution >= 0.6 is 31.9 Å². The molecule has 0 aromatic heterocycles. The molecule has 0 spiro atoms. The van der Waals surface area contributed by atoms with E-state index in [1.165, 1.54) is 12.1 Å². The molecular formula is C8H5Br2FO. The van der Waals surface area contributed by atoms with Gasteiger partial charge in [0.25, 0.3) is 0 Å². The number of ketones is 1.